The molecule has 29 heavy (non-hydrogen) atoms. The summed E-state index contributed by atoms with van der Waals surface area (Å²) < 4.78 is 0. The molecule has 0 aliphatic carbocycles. The summed E-state index contributed by atoms with van der Waals surface area (Å²) in [5.41, 5.74) is 6.11. The Morgan fingerprint density at radius 1 is 1.34 bits per heavy atom. The van der Waals surface area contributed by atoms with Crippen molar-refractivity contribution < 1.29 is 4.79 Å². The van der Waals surface area contributed by atoms with E-state index in [9.17, 15) is 4.79 Å². The number of hydrogen-bond acceptors (Lipinski definition) is 4. The molecule has 3 heterocycles. The number of thiophene rings is 1. The van der Waals surface area contributed by atoms with Gasteiger partial charge in [0.25, 0.3) is 5.91 Å². The van der Waals surface area contributed by atoms with Crippen molar-refractivity contribution in [3.63, 3.8) is 0 Å². The number of H-pyrrole nitrogens is 1. The number of aromatic nitrogens is 2. The maximum absolute atomic E-state index is 12.2. The summed E-state index contributed by atoms with van der Waals surface area (Å²) in [5.74, 6) is 0.535. The summed E-state index contributed by atoms with van der Waals surface area (Å²) in [6.45, 7) is 7.98. The van der Waals surface area contributed by atoms with Crippen LogP contribution in [0.25, 0.3) is 11.3 Å². The van der Waals surface area contributed by atoms with Crippen LogP contribution < -0.4 is 5.32 Å². The summed E-state index contributed by atoms with van der Waals surface area (Å²) in [6.07, 6.45) is 4.28. The lowest BCUT2D eigenvalue weighted by Gasteiger charge is -2.32. The van der Waals surface area contributed by atoms with Crippen LogP contribution in [0.5, 0.6) is 0 Å². The van der Waals surface area contributed by atoms with Gasteiger partial charge in [-0.2, -0.15) is 5.10 Å². The third-order valence-electron chi connectivity index (χ3n) is 5.67. The Morgan fingerprint density at radius 2 is 2.24 bits per heavy atom. The monoisotopic (exact) mass is 408 g/mol. The summed E-state index contributed by atoms with van der Waals surface area (Å²) in [4.78, 5) is 15.5. The maximum Gasteiger partial charge on any atom is 0.261 e. The van der Waals surface area contributed by atoms with Crippen LogP contribution in [0.1, 0.15) is 39.2 Å². The van der Waals surface area contributed by atoms with Gasteiger partial charge in [0.15, 0.2) is 0 Å². The van der Waals surface area contributed by atoms with Crippen molar-refractivity contribution in [3.05, 3.63) is 63.5 Å². The van der Waals surface area contributed by atoms with Crippen molar-refractivity contribution in [2.75, 3.05) is 19.6 Å². The van der Waals surface area contributed by atoms with Gasteiger partial charge in [0.2, 0.25) is 0 Å². The number of aromatic amines is 1. The second kappa shape index (κ2) is 8.93. The van der Waals surface area contributed by atoms with Gasteiger partial charge in [0.05, 0.1) is 16.8 Å². The molecule has 0 radical (unpaired) electrons. The third kappa shape index (κ3) is 4.77. The van der Waals surface area contributed by atoms with E-state index in [-0.39, 0.29) is 5.91 Å². The fourth-order valence-corrected chi connectivity index (χ4v) is 4.74. The number of likely N-dealkylation sites (tertiary alicyclic amines) is 1. The van der Waals surface area contributed by atoms with Crippen LogP contribution in [-0.4, -0.2) is 40.6 Å². The van der Waals surface area contributed by atoms with Crippen LogP contribution in [0.15, 0.2) is 41.9 Å². The number of nitrogens with one attached hydrogen (secondary N) is 2. The van der Waals surface area contributed by atoms with Crippen LogP contribution in [0.3, 0.4) is 0 Å². The van der Waals surface area contributed by atoms with E-state index in [2.05, 4.69) is 52.5 Å². The first kappa shape index (κ1) is 19.9. The third-order valence-corrected chi connectivity index (χ3v) is 6.54. The molecule has 0 bridgehead atoms. The first-order chi connectivity index (χ1) is 14.1. The topological polar surface area (TPSA) is 61.0 Å². The number of carbonyl (C=O) groups is 1. The lowest BCUT2D eigenvalue weighted by Crippen LogP contribution is -2.40. The molecule has 152 valence electrons. The molecule has 6 heteroatoms. The zero-order chi connectivity index (χ0) is 20.2. The number of rotatable bonds is 6. The maximum atomic E-state index is 12.2. The second-order valence-electron chi connectivity index (χ2n) is 8.02. The Labute approximate surface area is 176 Å². The standard InChI is InChI=1S/C23H28N4OS/c1-16-7-8-17(2)20(11-16)22-19(13-25-26-22)15-27-9-3-5-18(14-27)12-24-23(28)21-6-4-10-29-21/h4,6-8,10-11,13,18H,3,5,9,12,14-15H2,1-2H3,(H,24,28)(H,25,26). The van der Waals surface area contributed by atoms with Gasteiger partial charge in [-0.1, -0.05) is 23.8 Å². The summed E-state index contributed by atoms with van der Waals surface area (Å²) in [7, 11) is 0. The van der Waals surface area contributed by atoms with Crippen molar-refractivity contribution in [3.8, 4) is 11.3 Å². The van der Waals surface area contributed by atoms with Crippen LogP contribution in [0.4, 0.5) is 0 Å². The lowest BCUT2D eigenvalue weighted by molar-refractivity contribution is 0.0934. The predicted octanol–water partition coefficient (Wildman–Crippen LogP) is 4.40. The van der Waals surface area contributed by atoms with E-state index < -0.39 is 0 Å². The number of benzene rings is 1. The van der Waals surface area contributed by atoms with Crippen LogP contribution in [0, 0.1) is 19.8 Å². The average molecular weight is 409 g/mol. The molecule has 2 aromatic heterocycles. The highest BCUT2D eigenvalue weighted by atomic mass is 32.1. The molecule has 3 aromatic rings. The van der Waals surface area contributed by atoms with Crippen LogP contribution in [-0.2, 0) is 6.54 Å². The summed E-state index contributed by atoms with van der Waals surface area (Å²) >= 11 is 1.49. The normalized spacial score (nSPS) is 17.4. The van der Waals surface area contributed by atoms with Crippen molar-refractivity contribution in [1.82, 2.24) is 20.4 Å². The Morgan fingerprint density at radius 3 is 3.07 bits per heavy atom. The molecule has 1 atom stereocenters. The number of carbonyl (C=O) groups excluding carboxylic acids is 1. The average Bonchev–Trinajstić information content (AvgIpc) is 3.41. The summed E-state index contributed by atoms with van der Waals surface area (Å²) in [5, 5.41) is 12.6. The van der Waals surface area contributed by atoms with Gasteiger partial charge in [-0.3, -0.25) is 14.8 Å². The predicted molar refractivity (Wildman–Crippen MR) is 118 cm³/mol. The Bertz CT molecular complexity index is 963. The van der Waals surface area contributed by atoms with Crippen molar-refractivity contribution in [2.45, 2.75) is 33.2 Å². The van der Waals surface area contributed by atoms with Gasteiger partial charge in [-0.05, 0) is 62.2 Å². The molecule has 1 saturated heterocycles. The number of hydrogen-bond donors (Lipinski definition) is 2. The lowest BCUT2D eigenvalue weighted by atomic mass is 9.96. The fourth-order valence-electron chi connectivity index (χ4n) is 4.10. The van der Waals surface area contributed by atoms with E-state index >= 15 is 0 Å². The van der Waals surface area contributed by atoms with Gasteiger partial charge in [0, 0.05) is 30.8 Å². The molecule has 1 fully saturated rings. The minimum atomic E-state index is 0.0455. The smallest absolute Gasteiger partial charge is 0.261 e. The first-order valence-corrected chi connectivity index (χ1v) is 11.1. The van der Waals surface area contributed by atoms with E-state index in [1.807, 2.05) is 23.7 Å². The van der Waals surface area contributed by atoms with Gasteiger partial charge in [-0.25, -0.2) is 0 Å². The van der Waals surface area contributed by atoms with E-state index in [0.717, 1.165) is 49.6 Å². The van der Waals surface area contributed by atoms with Crippen molar-refractivity contribution in [2.24, 2.45) is 5.92 Å². The number of amides is 1. The molecule has 1 aliphatic heterocycles. The van der Waals surface area contributed by atoms with E-state index in [4.69, 9.17) is 0 Å². The van der Waals surface area contributed by atoms with E-state index in [1.165, 1.54) is 33.6 Å². The molecule has 4 rings (SSSR count). The number of aryl methyl sites for hydroxylation is 2. The SMILES string of the molecule is Cc1ccc(C)c(-c2[nH]ncc2CN2CCCC(CNC(=O)c3cccs3)C2)c1. The molecule has 1 aromatic carbocycles. The van der Waals surface area contributed by atoms with Crippen molar-refractivity contribution in [1.29, 1.82) is 0 Å². The molecule has 1 unspecified atom stereocenters. The molecule has 2 N–H and O–H groups in total. The van der Waals surface area contributed by atoms with E-state index in [0.29, 0.717) is 5.92 Å². The molecular weight excluding hydrogens is 380 g/mol. The highest BCUT2D eigenvalue weighted by Gasteiger charge is 2.22. The Kier molecular flexibility index (Phi) is 6.11. The molecule has 5 nitrogen and oxygen atoms in total. The minimum Gasteiger partial charge on any atom is -0.351 e. The highest BCUT2D eigenvalue weighted by molar-refractivity contribution is 7.12. The number of nitrogens with zero attached hydrogens (tertiary/aromatic N) is 2. The molecule has 0 spiro atoms. The van der Waals surface area contributed by atoms with Gasteiger partial charge >= 0.3 is 0 Å². The molecule has 1 aliphatic rings. The number of piperidine rings is 1. The first-order valence-electron chi connectivity index (χ1n) is 10.2. The van der Waals surface area contributed by atoms with Crippen LogP contribution >= 0.6 is 11.3 Å². The van der Waals surface area contributed by atoms with E-state index in [1.54, 1.807) is 0 Å². The molecule has 0 saturated carbocycles. The van der Waals surface area contributed by atoms with Gasteiger partial charge in [-0.15, -0.1) is 11.3 Å². The zero-order valence-corrected chi connectivity index (χ0v) is 17.9. The Hall–Kier alpha value is -2.44. The van der Waals surface area contributed by atoms with Gasteiger partial charge < -0.3 is 5.32 Å². The molecule has 1 amide bonds. The Balaban J connectivity index is 1.38. The minimum absolute atomic E-state index is 0.0455. The second-order valence-corrected chi connectivity index (χ2v) is 8.97. The fraction of sp³-hybridized carbons (Fsp3) is 0.391. The van der Waals surface area contributed by atoms with Crippen molar-refractivity contribution >= 4 is 17.2 Å². The zero-order valence-electron chi connectivity index (χ0n) is 17.1. The molecular formula is C23H28N4OS. The quantitative estimate of drug-likeness (QED) is 0.636. The summed E-state index contributed by atoms with van der Waals surface area (Å²) in [6, 6.07) is 10.3. The highest BCUT2D eigenvalue weighted by Crippen LogP contribution is 2.28. The van der Waals surface area contributed by atoms with Gasteiger partial charge in [0.1, 0.15) is 0 Å². The largest absolute Gasteiger partial charge is 0.351 e. The van der Waals surface area contributed by atoms with Crippen LogP contribution in [0.2, 0.25) is 0 Å².